The number of aromatic nitrogens is 7. The molecule has 0 spiro atoms. The van der Waals surface area contributed by atoms with Gasteiger partial charge in [-0.1, -0.05) is 18.1 Å². The third-order valence-electron chi connectivity index (χ3n) is 5.01. The molecule has 0 saturated heterocycles. The molecule has 9 heteroatoms. The van der Waals surface area contributed by atoms with Gasteiger partial charge in [0.15, 0.2) is 11.5 Å². The predicted octanol–water partition coefficient (Wildman–Crippen LogP) is 2.62. The van der Waals surface area contributed by atoms with Crippen LogP contribution in [0.1, 0.15) is 31.2 Å². The van der Waals surface area contributed by atoms with Crippen LogP contribution >= 0.6 is 0 Å². The number of nitriles is 1. The van der Waals surface area contributed by atoms with Gasteiger partial charge in [-0.15, -0.1) is 5.10 Å². The molecule has 0 atom stereocenters. The largest absolute Gasteiger partial charge is 0.380 e. The highest BCUT2D eigenvalue weighted by Crippen LogP contribution is 2.28. The lowest BCUT2D eigenvalue weighted by Gasteiger charge is -2.17. The number of pyridine rings is 2. The van der Waals surface area contributed by atoms with Gasteiger partial charge in [0.1, 0.15) is 11.8 Å². The van der Waals surface area contributed by atoms with E-state index in [9.17, 15) is 0 Å². The first-order chi connectivity index (χ1) is 13.8. The molecule has 1 saturated carbocycles. The fourth-order valence-electron chi connectivity index (χ4n) is 3.63. The summed E-state index contributed by atoms with van der Waals surface area (Å²) in [5, 5.41) is 25.9. The molecule has 9 nitrogen and oxygen atoms in total. The summed E-state index contributed by atoms with van der Waals surface area (Å²) in [6, 6.07) is 6.26. The molecule has 1 fully saturated rings. The molecule has 0 radical (unpaired) electrons. The summed E-state index contributed by atoms with van der Waals surface area (Å²) in [4.78, 5) is 8.96. The zero-order chi connectivity index (χ0) is 18.9. The Bertz CT molecular complexity index is 1160. The van der Waals surface area contributed by atoms with Crippen molar-refractivity contribution < 1.29 is 0 Å². The van der Waals surface area contributed by atoms with Crippen molar-refractivity contribution in [2.75, 3.05) is 5.32 Å². The second-order valence-electron chi connectivity index (χ2n) is 6.84. The first-order valence-electron chi connectivity index (χ1n) is 9.19. The molecule has 5 rings (SSSR count). The number of fused-ring (bicyclic) bond motifs is 1. The van der Waals surface area contributed by atoms with Crippen LogP contribution in [0.15, 0.2) is 43.1 Å². The minimum absolute atomic E-state index is 0.434. The first kappa shape index (κ1) is 16.4. The molecule has 0 bridgehead atoms. The van der Waals surface area contributed by atoms with Gasteiger partial charge in [0, 0.05) is 23.7 Å². The summed E-state index contributed by atoms with van der Waals surface area (Å²) < 4.78 is 3.38. The van der Waals surface area contributed by atoms with Crippen LogP contribution in [0.3, 0.4) is 0 Å². The van der Waals surface area contributed by atoms with Crippen molar-refractivity contribution in [1.29, 1.82) is 5.26 Å². The maximum Gasteiger partial charge on any atom is 0.164 e. The maximum atomic E-state index is 9.06. The minimum Gasteiger partial charge on any atom is -0.380 e. The van der Waals surface area contributed by atoms with E-state index in [0.717, 1.165) is 29.6 Å². The van der Waals surface area contributed by atoms with Crippen molar-refractivity contribution in [2.24, 2.45) is 0 Å². The Morgan fingerprint density at radius 2 is 2.00 bits per heavy atom. The Balaban J connectivity index is 1.59. The smallest absolute Gasteiger partial charge is 0.164 e. The normalized spacial score (nSPS) is 14.4. The Labute approximate surface area is 160 Å². The van der Waals surface area contributed by atoms with Crippen LogP contribution in [0, 0.1) is 11.3 Å². The fourth-order valence-corrected chi connectivity index (χ4v) is 3.63. The summed E-state index contributed by atoms with van der Waals surface area (Å²) in [5.41, 5.74) is 2.93. The predicted molar refractivity (Wildman–Crippen MR) is 102 cm³/mol. The fraction of sp³-hybridized carbons (Fsp3) is 0.263. The average Bonchev–Trinajstić information content (AvgIpc) is 3.49. The Hall–Kier alpha value is -3.80. The molecule has 1 aliphatic rings. The van der Waals surface area contributed by atoms with Gasteiger partial charge in [-0.25, -0.2) is 14.6 Å². The molecule has 0 aromatic carbocycles. The van der Waals surface area contributed by atoms with Crippen LogP contribution in [0.4, 0.5) is 5.69 Å². The van der Waals surface area contributed by atoms with E-state index in [2.05, 4.69) is 36.8 Å². The van der Waals surface area contributed by atoms with Gasteiger partial charge >= 0.3 is 0 Å². The van der Waals surface area contributed by atoms with Crippen molar-refractivity contribution in [3.8, 4) is 17.6 Å². The van der Waals surface area contributed by atoms with Crippen molar-refractivity contribution in [3.05, 3.63) is 48.7 Å². The molecule has 138 valence electrons. The molecule has 0 amide bonds. The van der Waals surface area contributed by atoms with Crippen LogP contribution in [-0.4, -0.2) is 40.8 Å². The van der Waals surface area contributed by atoms with E-state index in [0.29, 0.717) is 23.1 Å². The standard InChI is InChI=1S/C19H17N9/c20-9-13-7-14-11-24-28(19(14)22-10-13)18-8-16(25-15-3-1-2-4-15)17(12-21-18)27-6-5-23-26-27/h5-8,10-12,15H,1-4H2,(H,21,25). The number of nitrogens with one attached hydrogen (secondary N) is 1. The van der Waals surface area contributed by atoms with Crippen molar-refractivity contribution in [3.63, 3.8) is 0 Å². The number of rotatable bonds is 4. The quantitative estimate of drug-likeness (QED) is 0.587. The molecule has 4 heterocycles. The topological polar surface area (TPSA) is 110 Å². The Morgan fingerprint density at radius 1 is 1.11 bits per heavy atom. The van der Waals surface area contributed by atoms with Crippen LogP contribution in [-0.2, 0) is 0 Å². The van der Waals surface area contributed by atoms with Gasteiger partial charge in [0.25, 0.3) is 0 Å². The second kappa shape index (κ2) is 6.74. The lowest BCUT2D eigenvalue weighted by molar-refractivity contribution is 0.744. The Morgan fingerprint density at radius 3 is 2.79 bits per heavy atom. The first-order valence-corrected chi connectivity index (χ1v) is 9.19. The van der Waals surface area contributed by atoms with Crippen LogP contribution in [0.2, 0.25) is 0 Å². The average molecular weight is 371 g/mol. The van der Waals surface area contributed by atoms with E-state index in [-0.39, 0.29) is 0 Å². The molecule has 1 aliphatic carbocycles. The van der Waals surface area contributed by atoms with E-state index in [1.165, 1.54) is 12.8 Å². The van der Waals surface area contributed by atoms with E-state index >= 15 is 0 Å². The molecule has 0 aliphatic heterocycles. The Kier molecular flexibility index (Phi) is 3.94. The third kappa shape index (κ3) is 2.85. The lowest BCUT2D eigenvalue weighted by atomic mass is 10.2. The molecular weight excluding hydrogens is 354 g/mol. The highest BCUT2D eigenvalue weighted by Gasteiger charge is 2.18. The molecular formula is C19H17N9. The van der Waals surface area contributed by atoms with Gasteiger partial charge < -0.3 is 5.32 Å². The molecule has 4 aromatic heterocycles. The summed E-state index contributed by atoms with van der Waals surface area (Å²) in [6.45, 7) is 0. The summed E-state index contributed by atoms with van der Waals surface area (Å²) in [5.74, 6) is 0.650. The summed E-state index contributed by atoms with van der Waals surface area (Å²) >= 11 is 0. The van der Waals surface area contributed by atoms with Crippen LogP contribution < -0.4 is 5.32 Å². The lowest BCUT2D eigenvalue weighted by Crippen LogP contribution is -2.17. The van der Waals surface area contributed by atoms with E-state index in [1.54, 1.807) is 46.4 Å². The number of nitrogens with zero attached hydrogens (tertiary/aromatic N) is 8. The summed E-state index contributed by atoms with van der Waals surface area (Å²) in [6.07, 6.45) is 13.2. The SMILES string of the molecule is N#Cc1cnc2c(cnn2-c2cc(NC3CCCC3)c(-n3ccnn3)cn2)c1. The molecule has 28 heavy (non-hydrogen) atoms. The summed E-state index contributed by atoms with van der Waals surface area (Å²) in [7, 11) is 0. The molecule has 1 N–H and O–H groups in total. The maximum absolute atomic E-state index is 9.06. The zero-order valence-corrected chi connectivity index (χ0v) is 15.0. The monoisotopic (exact) mass is 371 g/mol. The zero-order valence-electron chi connectivity index (χ0n) is 15.0. The second-order valence-corrected chi connectivity index (χ2v) is 6.84. The van der Waals surface area contributed by atoms with Gasteiger partial charge in [0.05, 0.1) is 36.0 Å². The van der Waals surface area contributed by atoms with Crippen molar-refractivity contribution >= 4 is 16.7 Å². The molecule has 4 aromatic rings. The van der Waals surface area contributed by atoms with Gasteiger partial charge in [-0.3, -0.25) is 0 Å². The van der Waals surface area contributed by atoms with Gasteiger partial charge in [0.2, 0.25) is 0 Å². The number of hydrogen-bond donors (Lipinski definition) is 1. The number of hydrogen-bond acceptors (Lipinski definition) is 7. The van der Waals surface area contributed by atoms with Crippen LogP contribution in [0.25, 0.3) is 22.5 Å². The van der Waals surface area contributed by atoms with Crippen LogP contribution in [0.5, 0.6) is 0 Å². The van der Waals surface area contributed by atoms with Crippen molar-refractivity contribution in [2.45, 2.75) is 31.7 Å². The van der Waals surface area contributed by atoms with Gasteiger partial charge in [-0.05, 0) is 18.9 Å². The highest BCUT2D eigenvalue weighted by molar-refractivity contribution is 5.77. The van der Waals surface area contributed by atoms with Crippen molar-refractivity contribution in [1.82, 2.24) is 34.7 Å². The van der Waals surface area contributed by atoms with E-state index < -0.39 is 0 Å². The number of anilines is 1. The van der Waals surface area contributed by atoms with Gasteiger partial charge in [-0.2, -0.15) is 15.0 Å². The van der Waals surface area contributed by atoms with E-state index in [4.69, 9.17) is 5.26 Å². The van der Waals surface area contributed by atoms with E-state index in [1.807, 2.05) is 6.07 Å². The molecule has 0 unspecified atom stereocenters. The third-order valence-corrected chi connectivity index (χ3v) is 5.01. The minimum atomic E-state index is 0.434. The highest BCUT2D eigenvalue weighted by atomic mass is 15.4.